The van der Waals surface area contributed by atoms with Crippen LogP contribution in [0.25, 0.3) is 0 Å². The van der Waals surface area contributed by atoms with Gasteiger partial charge in [0, 0.05) is 10.8 Å². The van der Waals surface area contributed by atoms with E-state index in [1.54, 1.807) is 12.1 Å². The number of aliphatic carboxylic acids is 2. The van der Waals surface area contributed by atoms with Crippen LogP contribution in [0.2, 0.25) is 5.02 Å². The molecule has 0 bridgehead atoms. The van der Waals surface area contributed by atoms with Gasteiger partial charge < -0.3 is 15.5 Å². The number of halogens is 1. The van der Waals surface area contributed by atoms with Crippen molar-refractivity contribution >= 4 is 41.2 Å². The van der Waals surface area contributed by atoms with Crippen LogP contribution in [0.3, 0.4) is 0 Å². The lowest BCUT2D eigenvalue weighted by molar-refractivity contribution is -0.147. The van der Waals surface area contributed by atoms with Crippen LogP contribution in [-0.4, -0.2) is 39.9 Å². The smallest absolute Gasteiger partial charge is 0.326 e. The van der Waals surface area contributed by atoms with E-state index in [4.69, 9.17) is 21.8 Å². The molecule has 0 radical (unpaired) electrons. The maximum atomic E-state index is 11.6. The predicted octanol–water partition coefficient (Wildman–Crippen LogP) is 1.62. The van der Waals surface area contributed by atoms with Crippen LogP contribution in [0, 0.1) is 0 Å². The number of carbonyl (C=O) groups is 3. The summed E-state index contributed by atoms with van der Waals surface area (Å²) in [4.78, 5) is 32.9. The Morgan fingerprint density at radius 2 is 1.81 bits per heavy atom. The molecular formula is C13H14ClNO5S. The van der Waals surface area contributed by atoms with Crippen molar-refractivity contribution in [2.24, 2.45) is 0 Å². The molecule has 0 spiro atoms. The molecule has 0 saturated carbocycles. The predicted molar refractivity (Wildman–Crippen MR) is 79.4 cm³/mol. The topological polar surface area (TPSA) is 104 Å². The molecule has 0 fully saturated rings. The van der Waals surface area contributed by atoms with Crippen molar-refractivity contribution in [3.05, 3.63) is 34.9 Å². The molecular weight excluding hydrogens is 318 g/mol. The minimum Gasteiger partial charge on any atom is -0.481 e. The van der Waals surface area contributed by atoms with Gasteiger partial charge in [-0.25, -0.2) is 4.79 Å². The van der Waals surface area contributed by atoms with Crippen LogP contribution in [0.15, 0.2) is 24.3 Å². The lowest BCUT2D eigenvalue weighted by Gasteiger charge is -2.12. The van der Waals surface area contributed by atoms with Crippen molar-refractivity contribution < 1.29 is 24.6 Å². The summed E-state index contributed by atoms with van der Waals surface area (Å²) >= 11 is 7.05. The molecule has 0 saturated heterocycles. The minimum atomic E-state index is -1.41. The van der Waals surface area contributed by atoms with E-state index < -0.39 is 30.3 Å². The zero-order chi connectivity index (χ0) is 15.8. The van der Waals surface area contributed by atoms with Crippen LogP contribution in [0.1, 0.15) is 12.0 Å². The Morgan fingerprint density at radius 1 is 1.19 bits per heavy atom. The van der Waals surface area contributed by atoms with E-state index in [0.717, 1.165) is 5.56 Å². The molecule has 1 unspecified atom stereocenters. The fourth-order valence-corrected chi connectivity index (χ4v) is 2.38. The number of thioether (sulfide) groups is 1. The molecule has 1 atom stereocenters. The first-order chi connectivity index (χ1) is 9.88. The van der Waals surface area contributed by atoms with Crippen LogP contribution < -0.4 is 5.32 Å². The fourth-order valence-electron chi connectivity index (χ4n) is 1.45. The van der Waals surface area contributed by atoms with Gasteiger partial charge in [-0.2, -0.15) is 0 Å². The van der Waals surface area contributed by atoms with Gasteiger partial charge >= 0.3 is 11.9 Å². The van der Waals surface area contributed by atoms with Gasteiger partial charge in [-0.15, -0.1) is 11.8 Å². The van der Waals surface area contributed by atoms with Crippen molar-refractivity contribution in [1.29, 1.82) is 0 Å². The van der Waals surface area contributed by atoms with Gasteiger partial charge in [0.05, 0.1) is 12.2 Å². The summed E-state index contributed by atoms with van der Waals surface area (Å²) in [5.41, 5.74) is 0.984. The van der Waals surface area contributed by atoms with Gasteiger partial charge in [-0.3, -0.25) is 9.59 Å². The number of hydrogen-bond acceptors (Lipinski definition) is 4. The summed E-state index contributed by atoms with van der Waals surface area (Å²) in [6, 6.07) is 5.73. The number of hydrogen-bond donors (Lipinski definition) is 3. The second kappa shape index (κ2) is 8.53. The molecule has 3 N–H and O–H groups in total. The van der Waals surface area contributed by atoms with E-state index in [-0.39, 0.29) is 5.75 Å². The van der Waals surface area contributed by atoms with Crippen LogP contribution in [0.4, 0.5) is 0 Å². The van der Waals surface area contributed by atoms with Gasteiger partial charge in [-0.1, -0.05) is 23.7 Å². The van der Waals surface area contributed by atoms with Crippen molar-refractivity contribution in [3.63, 3.8) is 0 Å². The van der Waals surface area contributed by atoms with Gasteiger partial charge in [0.2, 0.25) is 5.91 Å². The Labute approximate surface area is 130 Å². The fraction of sp³-hybridized carbons (Fsp3) is 0.308. The zero-order valence-corrected chi connectivity index (χ0v) is 12.5. The van der Waals surface area contributed by atoms with Crippen molar-refractivity contribution in [2.45, 2.75) is 18.2 Å². The van der Waals surface area contributed by atoms with E-state index in [9.17, 15) is 14.4 Å². The molecule has 0 aliphatic rings. The third-order valence-corrected chi connectivity index (χ3v) is 3.68. The lowest BCUT2D eigenvalue weighted by Crippen LogP contribution is -2.43. The largest absolute Gasteiger partial charge is 0.481 e. The molecule has 0 aromatic heterocycles. The highest BCUT2D eigenvalue weighted by molar-refractivity contribution is 7.99. The molecule has 6 nitrogen and oxygen atoms in total. The molecule has 0 aliphatic heterocycles. The minimum absolute atomic E-state index is 0.0476. The van der Waals surface area contributed by atoms with E-state index in [1.165, 1.54) is 11.8 Å². The van der Waals surface area contributed by atoms with Crippen LogP contribution in [0.5, 0.6) is 0 Å². The van der Waals surface area contributed by atoms with Gasteiger partial charge in [-0.05, 0) is 17.7 Å². The lowest BCUT2D eigenvalue weighted by atomic mass is 10.2. The van der Waals surface area contributed by atoms with Gasteiger partial charge in [0.25, 0.3) is 0 Å². The van der Waals surface area contributed by atoms with E-state index in [2.05, 4.69) is 5.32 Å². The van der Waals surface area contributed by atoms with Crippen molar-refractivity contribution in [3.8, 4) is 0 Å². The van der Waals surface area contributed by atoms with Crippen molar-refractivity contribution in [2.75, 3.05) is 5.75 Å². The second-order valence-corrected chi connectivity index (χ2v) is 5.60. The van der Waals surface area contributed by atoms with Gasteiger partial charge in [0.1, 0.15) is 6.04 Å². The number of rotatable bonds is 8. The monoisotopic (exact) mass is 331 g/mol. The normalized spacial score (nSPS) is 11.7. The first-order valence-electron chi connectivity index (χ1n) is 5.94. The molecule has 0 heterocycles. The summed E-state index contributed by atoms with van der Waals surface area (Å²) in [6.45, 7) is 0. The molecule has 1 amide bonds. The number of amides is 1. The Balaban J connectivity index is 2.37. The SMILES string of the molecule is O=C(O)CC(NC(=O)CSCc1ccc(Cl)cc1)C(=O)O. The molecule has 114 valence electrons. The Bertz CT molecular complexity index is 520. The molecule has 1 rings (SSSR count). The molecule has 1 aromatic rings. The average molecular weight is 332 g/mol. The third-order valence-electron chi connectivity index (χ3n) is 2.43. The molecule has 21 heavy (non-hydrogen) atoms. The number of carboxylic acid groups (broad SMARTS) is 2. The number of nitrogens with one attached hydrogen (secondary N) is 1. The molecule has 8 heteroatoms. The Hall–Kier alpha value is -1.73. The van der Waals surface area contributed by atoms with E-state index >= 15 is 0 Å². The zero-order valence-electron chi connectivity index (χ0n) is 10.9. The third kappa shape index (κ3) is 7.01. The number of carbonyl (C=O) groups excluding carboxylic acids is 1. The number of benzene rings is 1. The van der Waals surface area contributed by atoms with E-state index in [1.807, 2.05) is 12.1 Å². The molecule has 1 aromatic carbocycles. The highest BCUT2D eigenvalue weighted by Crippen LogP contribution is 2.15. The summed E-state index contributed by atoms with van der Waals surface area (Å²) in [5.74, 6) is -2.54. The standard InChI is InChI=1S/C13H14ClNO5S/c14-9-3-1-8(2-4-9)6-21-7-11(16)15-10(13(19)20)5-12(17)18/h1-4,10H,5-7H2,(H,15,16)(H,17,18)(H,19,20). The second-order valence-electron chi connectivity index (χ2n) is 4.18. The summed E-state index contributed by atoms with van der Waals surface area (Å²) in [7, 11) is 0. The van der Waals surface area contributed by atoms with Gasteiger partial charge in [0.15, 0.2) is 0 Å². The maximum absolute atomic E-state index is 11.6. The first-order valence-corrected chi connectivity index (χ1v) is 7.48. The van der Waals surface area contributed by atoms with Crippen molar-refractivity contribution in [1.82, 2.24) is 5.32 Å². The summed E-state index contributed by atoms with van der Waals surface area (Å²) < 4.78 is 0. The summed E-state index contributed by atoms with van der Waals surface area (Å²) in [5, 5.41) is 20.2. The van der Waals surface area contributed by atoms with Crippen LogP contribution >= 0.6 is 23.4 Å². The Kier molecular flexibility index (Phi) is 7.04. The van der Waals surface area contributed by atoms with E-state index in [0.29, 0.717) is 10.8 Å². The maximum Gasteiger partial charge on any atom is 0.326 e. The highest BCUT2D eigenvalue weighted by atomic mass is 35.5. The quantitative estimate of drug-likeness (QED) is 0.668. The summed E-state index contributed by atoms with van der Waals surface area (Å²) in [6.07, 6.45) is -0.650. The number of carboxylic acids is 2. The van der Waals surface area contributed by atoms with Crippen LogP contribution in [-0.2, 0) is 20.1 Å². The average Bonchev–Trinajstić information content (AvgIpc) is 2.39. The molecule has 0 aliphatic carbocycles. The Morgan fingerprint density at radius 3 is 2.33 bits per heavy atom. The highest BCUT2D eigenvalue weighted by Gasteiger charge is 2.22. The first kappa shape index (κ1) is 17.3.